The number of benzene rings is 2. The average Bonchev–Trinajstić information content (AvgIpc) is 2.76. The van der Waals surface area contributed by atoms with E-state index in [1.807, 2.05) is 24.8 Å². The summed E-state index contributed by atoms with van der Waals surface area (Å²) in [4.78, 5) is 27.1. The van der Waals surface area contributed by atoms with Gasteiger partial charge in [-0.2, -0.15) is 0 Å². The zero-order valence-corrected chi connectivity index (χ0v) is 20.7. The standard InChI is InChI=1S/C23H24Cl2N4O3S/c1-4-29-13(3)19(21(30)32-5-2)20(28-23(29)33)14-7-6-8-15(11-14)26-22(31)27-16-9-10-17(24)18(25)12-16/h6-12,20H,4-5H2,1-3H3,(H,28,33)(H2,26,27,31). The van der Waals surface area contributed by atoms with Gasteiger partial charge in [-0.15, -0.1) is 0 Å². The fraction of sp³-hybridized carbons (Fsp3) is 0.261. The van der Waals surface area contributed by atoms with E-state index >= 15 is 0 Å². The molecule has 0 saturated heterocycles. The van der Waals surface area contributed by atoms with Gasteiger partial charge in [-0.1, -0.05) is 35.3 Å². The van der Waals surface area contributed by atoms with Crippen LogP contribution in [-0.2, 0) is 9.53 Å². The SMILES string of the molecule is CCOC(=O)C1=C(C)N(CC)C(=S)NC1c1cccc(NC(=O)Nc2ccc(Cl)c(Cl)c2)c1. The van der Waals surface area contributed by atoms with Crippen molar-refractivity contribution >= 4 is 63.9 Å². The fourth-order valence-electron chi connectivity index (χ4n) is 3.55. The third-order valence-electron chi connectivity index (χ3n) is 5.06. The summed E-state index contributed by atoms with van der Waals surface area (Å²) in [5, 5.41) is 9.98. The minimum atomic E-state index is -0.515. The minimum Gasteiger partial charge on any atom is -0.463 e. The molecule has 3 N–H and O–H groups in total. The summed E-state index contributed by atoms with van der Waals surface area (Å²) in [5.41, 5.74) is 3.00. The second-order valence-corrected chi connectivity index (χ2v) is 8.38. The van der Waals surface area contributed by atoms with Gasteiger partial charge in [0.05, 0.1) is 28.3 Å². The number of rotatable bonds is 6. The van der Waals surface area contributed by atoms with Crippen LogP contribution in [-0.4, -0.2) is 35.2 Å². The first-order valence-electron chi connectivity index (χ1n) is 10.3. The van der Waals surface area contributed by atoms with Gasteiger partial charge in [0.2, 0.25) is 0 Å². The van der Waals surface area contributed by atoms with Crippen LogP contribution in [0.4, 0.5) is 16.2 Å². The number of anilines is 2. The first-order valence-corrected chi connectivity index (χ1v) is 11.5. The lowest BCUT2D eigenvalue weighted by atomic mass is 9.94. The van der Waals surface area contributed by atoms with Crippen LogP contribution >= 0.6 is 35.4 Å². The third-order valence-corrected chi connectivity index (χ3v) is 6.14. The number of halogens is 2. The Labute approximate surface area is 208 Å². The Morgan fingerprint density at radius 3 is 2.42 bits per heavy atom. The van der Waals surface area contributed by atoms with Crippen LogP contribution in [0, 0.1) is 0 Å². The Balaban J connectivity index is 1.85. The zero-order valence-electron chi connectivity index (χ0n) is 18.4. The Morgan fingerprint density at radius 1 is 1.09 bits per heavy atom. The lowest BCUT2D eigenvalue weighted by Crippen LogP contribution is -2.47. The molecule has 3 rings (SSSR count). The molecule has 1 heterocycles. The van der Waals surface area contributed by atoms with Gasteiger partial charge in [0.1, 0.15) is 0 Å². The quantitative estimate of drug-likeness (QED) is 0.343. The van der Waals surface area contributed by atoms with Crippen LogP contribution in [0.15, 0.2) is 53.7 Å². The molecule has 10 heteroatoms. The van der Waals surface area contributed by atoms with E-state index in [9.17, 15) is 9.59 Å². The zero-order chi connectivity index (χ0) is 24.1. The van der Waals surface area contributed by atoms with Gasteiger partial charge in [0.25, 0.3) is 0 Å². The number of urea groups is 1. The summed E-state index contributed by atoms with van der Waals surface area (Å²) in [6, 6.07) is 11.0. The smallest absolute Gasteiger partial charge is 0.338 e. The average molecular weight is 507 g/mol. The van der Waals surface area contributed by atoms with Crippen molar-refractivity contribution in [3.8, 4) is 0 Å². The molecule has 33 heavy (non-hydrogen) atoms. The van der Waals surface area contributed by atoms with Gasteiger partial charge in [-0.3, -0.25) is 0 Å². The fourth-order valence-corrected chi connectivity index (χ4v) is 4.23. The van der Waals surface area contributed by atoms with Crippen molar-refractivity contribution in [2.45, 2.75) is 26.8 Å². The molecule has 0 spiro atoms. The van der Waals surface area contributed by atoms with Crippen LogP contribution < -0.4 is 16.0 Å². The van der Waals surface area contributed by atoms with Crippen molar-refractivity contribution in [1.29, 1.82) is 0 Å². The monoisotopic (exact) mass is 506 g/mol. The van der Waals surface area contributed by atoms with Crippen molar-refractivity contribution in [2.75, 3.05) is 23.8 Å². The van der Waals surface area contributed by atoms with Crippen molar-refractivity contribution in [1.82, 2.24) is 10.2 Å². The highest BCUT2D eigenvalue weighted by atomic mass is 35.5. The van der Waals surface area contributed by atoms with Gasteiger partial charge in [-0.25, -0.2) is 9.59 Å². The number of hydrogen-bond donors (Lipinski definition) is 3. The third kappa shape index (κ3) is 5.76. The molecule has 1 aliphatic rings. The number of esters is 1. The molecular formula is C23H24Cl2N4O3S. The van der Waals surface area contributed by atoms with Crippen LogP contribution in [0.25, 0.3) is 0 Å². The van der Waals surface area contributed by atoms with Gasteiger partial charge in [0.15, 0.2) is 5.11 Å². The molecule has 2 aromatic carbocycles. The van der Waals surface area contributed by atoms with Crippen LogP contribution in [0.1, 0.15) is 32.4 Å². The lowest BCUT2D eigenvalue weighted by molar-refractivity contribution is -0.139. The maximum Gasteiger partial charge on any atom is 0.338 e. The van der Waals surface area contributed by atoms with Crippen molar-refractivity contribution < 1.29 is 14.3 Å². The summed E-state index contributed by atoms with van der Waals surface area (Å²) in [6.07, 6.45) is 0. The predicted molar refractivity (Wildman–Crippen MR) is 136 cm³/mol. The summed E-state index contributed by atoms with van der Waals surface area (Å²) in [5.74, 6) is -0.413. The number of nitrogens with one attached hydrogen (secondary N) is 3. The van der Waals surface area contributed by atoms with E-state index in [-0.39, 0.29) is 6.61 Å². The maximum atomic E-state index is 12.8. The summed E-state index contributed by atoms with van der Waals surface area (Å²) in [7, 11) is 0. The highest BCUT2D eigenvalue weighted by Crippen LogP contribution is 2.32. The molecule has 0 aliphatic carbocycles. The van der Waals surface area contributed by atoms with E-state index in [2.05, 4.69) is 16.0 Å². The molecule has 1 aliphatic heterocycles. The Bertz CT molecular complexity index is 1120. The molecule has 7 nitrogen and oxygen atoms in total. The molecule has 0 aromatic heterocycles. The molecule has 2 aromatic rings. The van der Waals surface area contributed by atoms with Crippen LogP contribution in [0.3, 0.4) is 0 Å². The predicted octanol–water partition coefficient (Wildman–Crippen LogP) is 5.73. The molecule has 0 radical (unpaired) electrons. The molecule has 174 valence electrons. The number of carbonyl (C=O) groups is 2. The van der Waals surface area contributed by atoms with Gasteiger partial charge < -0.3 is 25.6 Å². The number of carbonyl (C=O) groups excluding carboxylic acids is 2. The molecule has 2 amide bonds. The normalized spacial score (nSPS) is 15.7. The molecular weight excluding hydrogens is 483 g/mol. The number of ether oxygens (including phenoxy) is 1. The van der Waals surface area contributed by atoms with Crippen LogP contribution in [0.2, 0.25) is 10.0 Å². The van der Waals surface area contributed by atoms with Crippen LogP contribution in [0.5, 0.6) is 0 Å². The summed E-state index contributed by atoms with van der Waals surface area (Å²) < 4.78 is 5.30. The second-order valence-electron chi connectivity index (χ2n) is 7.18. The number of thiocarbonyl (C=S) groups is 1. The highest BCUT2D eigenvalue weighted by Gasteiger charge is 2.34. The first kappa shape index (κ1) is 24.8. The molecule has 0 fully saturated rings. The van der Waals surface area contributed by atoms with Gasteiger partial charge in [0, 0.05) is 23.6 Å². The highest BCUT2D eigenvalue weighted by molar-refractivity contribution is 7.80. The topological polar surface area (TPSA) is 82.7 Å². The van der Waals surface area contributed by atoms with Crippen molar-refractivity contribution in [2.24, 2.45) is 0 Å². The largest absolute Gasteiger partial charge is 0.463 e. The van der Waals surface area contributed by atoms with E-state index in [4.69, 9.17) is 40.2 Å². The molecule has 1 unspecified atom stereocenters. The van der Waals surface area contributed by atoms with Crippen molar-refractivity contribution in [3.05, 3.63) is 69.3 Å². The first-order chi connectivity index (χ1) is 15.7. The van der Waals surface area contributed by atoms with E-state index in [1.165, 1.54) is 0 Å². The molecule has 1 atom stereocenters. The number of allylic oxidation sites excluding steroid dienone is 1. The van der Waals surface area contributed by atoms with E-state index in [1.54, 1.807) is 43.3 Å². The Kier molecular flexibility index (Phi) is 8.18. The lowest BCUT2D eigenvalue weighted by Gasteiger charge is -2.37. The maximum absolute atomic E-state index is 12.8. The molecule has 0 bridgehead atoms. The molecule has 0 saturated carbocycles. The Hall–Kier alpha value is -2.81. The Morgan fingerprint density at radius 2 is 1.79 bits per heavy atom. The summed E-state index contributed by atoms with van der Waals surface area (Å²) >= 11 is 17.4. The minimum absolute atomic E-state index is 0.259. The van der Waals surface area contributed by atoms with E-state index < -0.39 is 18.0 Å². The van der Waals surface area contributed by atoms with Crippen molar-refractivity contribution in [3.63, 3.8) is 0 Å². The van der Waals surface area contributed by atoms with Gasteiger partial charge >= 0.3 is 12.0 Å². The number of nitrogens with zero attached hydrogens (tertiary/aromatic N) is 1. The van der Waals surface area contributed by atoms with Gasteiger partial charge in [-0.05, 0) is 68.9 Å². The second kappa shape index (κ2) is 10.9. The summed E-state index contributed by atoms with van der Waals surface area (Å²) in [6.45, 7) is 6.44. The number of amides is 2. The number of hydrogen-bond acceptors (Lipinski definition) is 4. The van der Waals surface area contributed by atoms with E-state index in [0.29, 0.717) is 38.7 Å². The van der Waals surface area contributed by atoms with E-state index in [0.717, 1.165) is 11.3 Å².